The monoisotopic (exact) mass is 481 g/mol. The molecule has 1 heterocycles. The third-order valence-corrected chi connectivity index (χ3v) is 6.03. The zero-order chi connectivity index (χ0) is 11.8. The maximum absolute atomic E-state index is 3.58. The van der Waals surface area contributed by atoms with Gasteiger partial charge in [0.2, 0.25) is 0 Å². The van der Waals surface area contributed by atoms with Crippen LogP contribution >= 0.6 is 15.9 Å². The molecule has 0 radical (unpaired) electrons. The Bertz CT molecular complexity index is 540. The third-order valence-electron chi connectivity index (χ3n) is 3.87. The topological polar surface area (TPSA) is 4.93 Å². The summed E-state index contributed by atoms with van der Waals surface area (Å²) in [6, 6.07) is 6.74. The molecule has 1 aliphatic rings. The second kappa shape index (κ2) is 5.04. The first-order valence-electron chi connectivity index (χ1n) is 6.31. The Balaban J connectivity index is 2.10. The van der Waals surface area contributed by atoms with Crippen LogP contribution in [-0.2, 0) is 0 Å². The molecule has 1 saturated carbocycles. The van der Waals surface area contributed by atoms with E-state index >= 15 is 0 Å². The molecule has 0 unspecified atom stereocenters. The molecule has 1 aromatic heterocycles. The van der Waals surface area contributed by atoms with Crippen molar-refractivity contribution in [2.24, 2.45) is 0 Å². The van der Waals surface area contributed by atoms with Crippen LogP contribution in [0, 0.1) is 0 Å². The number of halogens is 1. The van der Waals surface area contributed by atoms with Gasteiger partial charge in [-0.15, -0.1) is 0 Å². The van der Waals surface area contributed by atoms with Gasteiger partial charge in [-0.2, -0.15) is 0 Å². The summed E-state index contributed by atoms with van der Waals surface area (Å²) in [7, 11) is 0. The average Bonchev–Trinajstić information content (AvgIpc) is 2.68. The van der Waals surface area contributed by atoms with Crippen molar-refractivity contribution in [2.75, 3.05) is 0 Å². The molecule has 1 aliphatic carbocycles. The van der Waals surface area contributed by atoms with Gasteiger partial charge in [0, 0.05) is 0 Å². The van der Waals surface area contributed by atoms with Crippen LogP contribution in [0.25, 0.3) is 10.9 Å². The molecule has 3 rings (SSSR count). The molecule has 0 spiro atoms. The first-order valence-corrected chi connectivity index (χ1v) is 9.11. The van der Waals surface area contributed by atoms with Crippen molar-refractivity contribution in [3.05, 3.63) is 34.4 Å². The standard InChI is InChI=1S/C14H15BrN.Tl/c15-11-6-7-12-13(9-16-14(12)8-11)10-4-2-1-3-5-10;/h6-10H,1-5H2;/q-1;+1. The molecule has 1 nitrogen and oxygen atoms in total. The molecule has 0 N–H and O–H groups in total. The summed E-state index contributed by atoms with van der Waals surface area (Å²) in [5, 5.41) is 1.49. The van der Waals surface area contributed by atoms with Gasteiger partial charge in [-0.3, -0.25) is 0 Å². The van der Waals surface area contributed by atoms with E-state index in [1.807, 2.05) is 0 Å². The summed E-state index contributed by atoms with van der Waals surface area (Å²) in [6.45, 7) is 0. The van der Waals surface area contributed by atoms with E-state index in [1.165, 1.54) is 47.5 Å². The molecule has 86 valence electrons. The Labute approximate surface area is 127 Å². The minimum absolute atomic E-state index is 0.812. The zero-order valence-corrected chi connectivity index (χ0v) is 15.9. The van der Waals surface area contributed by atoms with E-state index in [0.717, 1.165) is 32.0 Å². The van der Waals surface area contributed by atoms with Gasteiger partial charge in [-0.05, 0) is 0 Å². The quantitative estimate of drug-likeness (QED) is 0.533. The van der Waals surface area contributed by atoms with E-state index in [4.69, 9.17) is 0 Å². The van der Waals surface area contributed by atoms with Gasteiger partial charge in [-0.1, -0.05) is 0 Å². The van der Waals surface area contributed by atoms with E-state index in [9.17, 15) is 0 Å². The summed E-state index contributed by atoms with van der Waals surface area (Å²) < 4.78 is 3.63. The zero-order valence-electron chi connectivity index (χ0n) is 9.82. The molecule has 0 atom stereocenters. The van der Waals surface area contributed by atoms with E-state index in [-0.39, 0.29) is 0 Å². The minimum atomic E-state index is 0.812. The van der Waals surface area contributed by atoms with Crippen LogP contribution in [0.3, 0.4) is 0 Å². The van der Waals surface area contributed by atoms with Gasteiger partial charge in [0.1, 0.15) is 0 Å². The Morgan fingerprint density at radius 2 is 1.94 bits per heavy atom. The summed E-state index contributed by atoms with van der Waals surface area (Å²) >= 11 is 4.43. The molecule has 3 heteroatoms. The third kappa shape index (κ3) is 2.35. The average molecular weight is 482 g/mol. The summed E-state index contributed by atoms with van der Waals surface area (Å²) in [4.78, 5) is 0. The SMILES string of the molecule is Brc1ccc2c(C3CCCCC3)c[n]([Tl])c2c1. The number of aromatic nitrogens is 1. The molecule has 0 bridgehead atoms. The number of fused-ring (bicyclic) bond motifs is 1. The summed E-state index contributed by atoms with van der Waals surface area (Å²) in [5.74, 6) is 0.812. The molecule has 17 heavy (non-hydrogen) atoms. The van der Waals surface area contributed by atoms with E-state index < -0.39 is 0 Å². The van der Waals surface area contributed by atoms with Crippen molar-refractivity contribution >= 4 is 52.9 Å². The number of hydrogen-bond donors (Lipinski definition) is 0. The van der Waals surface area contributed by atoms with Crippen LogP contribution in [0.5, 0.6) is 0 Å². The predicted molar refractivity (Wildman–Crippen MR) is 76.6 cm³/mol. The molecule has 0 amide bonds. The Morgan fingerprint density at radius 3 is 2.71 bits per heavy atom. The Kier molecular flexibility index (Phi) is 3.62. The van der Waals surface area contributed by atoms with Gasteiger partial charge in [0.25, 0.3) is 0 Å². The maximum atomic E-state index is 3.58. The Morgan fingerprint density at radius 1 is 1.18 bits per heavy atom. The molecule has 0 saturated heterocycles. The van der Waals surface area contributed by atoms with Gasteiger partial charge in [0.05, 0.1) is 0 Å². The molecular weight excluding hydrogens is 466 g/mol. The van der Waals surface area contributed by atoms with Crippen LogP contribution in [0.4, 0.5) is 0 Å². The first-order chi connectivity index (χ1) is 8.25. The van der Waals surface area contributed by atoms with Crippen LogP contribution in [-0.4, -0.2) is 28.4 Å². The normalized spacial score (nSPS) is 17.6. The Hall–Kier alpha value is 0.162. The fourth-order valence-corrected chi connectivity index (χ4v) is 4.79. The van der Waals surface area contributed by atoms with Crippen molar-refractivity contribution in [3.8, 4) is 0 Å². The van der Waals surface area contributed by atoms with E-state index in [1.54, 1.807) is 5.56 Å². The second-order valence-electron chi connectivity index (χ2n) is 4.99. The number of rotatable bonds is 1. The van der Waals surface area contributed by atoms with Gasteiger partial charge < -0.3 is 0 Å². The van der Waals surface area contributed by atoms with Crippen molar-refractivity contribution in [2.45, 2.75) is 38.0 Å². The number of benzene rings is 1. The summed E-state index contributed by atoms with van der Waals surface area (Å²) in [6.07, 6.45) is 9.45. The van der Waals surface area contributed by atoms with Gasteiger partial charge >= 0.3 is 128 Å². The van der Waals surface area contributed by atoms with Crippen molar-refractivity contribution < 1.29 is 0 Å². The van der Waals surface area contributed by atoms with Crippen molar-refractivity contribution in [1.29, 1.82) is 0 Å². The first kappa shape index (κ1) is 12.2. The predicted octanol–water partition coefficient (Wildman–Crippen LogP) is 4.38. The van der Waals surface area contributed by atoms with Crippen LogP contribution in [0.15, 0.2) is 28.9 Å². The van der Waals surface area contributed by atoms with E-state index in [0.29, 0.717) is 0 Å². The van der Waals surface area contributed by atoms with Crippen molar-refractivity contribution in [3.63, 3.8) is 0 Å². The molecular formula is C14H15BrNTl. The number of hydrogen-bond acceptors (Lipinski definition) is 0. The molecule has 0 aliphatic heterocycles. The number of nitrogens with zero attached hydrogens (tertiary/aromatic N) is 1. The fourth-order valence-electron chi connectivity index (χ4n) is 2.99. The summed E-state index contributed by atoms with van der Waals surface area (Å²) in [5.41, 5.74) is 3.03. The molecule has 2 aromatic rings. The van der Waals surface area contributed by atoms with Crippen molar-refractivity contribution in [1.82, 2.24) is 2.38 Å². The van der Waals surface area contributed by atoms with Gasteiger partial charge in [0.15, 0.2) is 0 Å². The van der Waals surface area contributed by atoms with Crippen LogP contribution in [0.1, 0.15) is 43.6 Å². The van der Waals surface area contributed by atoms with Crippen LogP contribution in [0.2, 0.25) is 0 Å². The molecule has 1 aromatic carbocycles. The molecule has 1 fully saturated rings. The second-order valence-corrected chi connectivity index (χ2v) is 8.07. The van der Waals surface area contributed by atoms with Crippen LogP contribution < -0.4 is 0 Å². The van der Waals surface area contributed by atoms with Gasteiger partial charge in [-0.25, -0.2) is 0 Å². The van der Waals surface area contributed by atoms with E-state index in [2.05, 4.69) is 42.7 Å². The fraction of sp³-hybridized carbons (Fsp3) is 0.429.